The minimum absolute atomic E-state index is 0. The number of hydrogen-bond donors (Lipinski definition) is 1. The third-order valence-corrected chi connectivity index (χ3v) is 7.01. The third-order valence-electron chi connectivity index (χ3n) is 7.01. The van der Waals surface area contributed by atoms with Crippen molar-refractivity contribution in [2.45, 2.75) is 76.3 Å². The van der Waals surface area contributed by atoms with Gasteiger partial charge in [0.05, 0.1) is 6.04 Å². The van der Waals surface area contributed by atoms with Crippen molar-refractivity contribution in [3.8, 4) is 0 Å². The molecule has 2 amide bonds. The highest BCUT2D eigenvalue weighted by molar-refractivity contribution is 5.90. The molecule has 2 aliphatic rings. The minimum Gasteiger partial charge on any atom is -0.378 e. The van der Waals surface area contributed by atoms with Crippen LogP contribution in [0.4, 0.5) is 16.2 Å². The Morgan fingerprint density at radius 3 is 2.19 bits per heavy atom. The van der Waals surface area contributed by atoms with Crippen molar-refractivity contribution in [1.29, 1.82) is 0 Å². The molecule has 2 aliphatic carbocycles. The second kappa shape index (κ2) is 11.6. The lowest BCUT2D eigenvalue weighted by Crippen LogP contribution is -2.45. The van der Waals surface area contributed by atoms with E-state index in [-0.39, 0.29) is 24.5 Å². The molecule has 0 radical (unpaired) electrons. The Hall–Kier alpha value is -2.20. The van der Waals surface area contributed by atoms with Crippen molar-refractivity contribution in [3.05, 3.63) is 59.7 Å². The maximum atomic E-state index is 13.8. The molecule has 1 saturated carbocycles. The van der Waals surface area contributed by atoms with Gasteiger partial charge in [0.15, 0.2) is 0 Å². The van der Waals surface area contributed by atoms with Gasteiger partial charge in [0.25, 0.3) is 0 Å². The number of hydrogen-bond acceptors (Lipinski definition) is 2. The zero-order chi connectivity index (χ0) is 21.6. The van der Waals surface area contributed by atoms with Gasteiger partial charge in [0, 0.05) is 31.5 Å². The number of urea groups is 1. The van der Waals surface area contributed by atoms with Gasteiger partial charge in [0.1, 0.15) is 0 Å². The van der Waals surface area contributed by atoms with E-state index in [1.54, 1.807) is 0 Å². The van der Waals surface area contributed by atoms with Gasteiger partial charge < -0.3 is 15.1 Å². The summed E-state index contributed by atoms with van der Waals surface area (Å²) < 4.78 is 0. The van der Waals surface area contributed by atoms with E-state index in [9.17, 15) is 4.79 Å². The second-order valence-electron chi connectivity index (χ2n) is 9.38. The molecule has 174 valence electrons. The van der Waals surface area contributed by atoms with Crippen LogP contribution < -0.4 is 10.2 Å². The number of nitrogens with one attached hydrogen (secondary N) is 1. The summed E-state index contributed by atoms with van der Waals surface area (Å²) in [5, 5.41) is 3.24. The highest BCUT2D eigenvalue weighted by atomic mass is 35.5. The molecule has 1 atom stereocenters. The molecule has 0 spiro atoms. The molecule has 1 N–H and O–H groups in total. The van der Waals surface area contributed by atoms with E-state index in [2.05, 4.69) is 51.5 Å². The summed E-state index contributed by atoms with van der Waals surface area (Å²) in [5.74, 6) is 0. The minimum atomic E-state index is 0. The lowest BCUT2D eigenvalue weighted by atomic mass is 9.95. The zero-order valence-electron chi connectivity index (χ0n) is 19.6. The normalized spacial score (nSPS) is 19.0. The zero-order valence-corrected chi connectivity index (χ0v) is 20.4. The molecule has 0 aromatic heterocycles. The molecule has 5 heteroatoms. The first-order chi connectivity index (χ1) is 15.1. The van der Waals surface area contributed by atoms with Gasteiger partial charge in [-0.3, -0.25) is 0 Å². The summed E-state index contributed by atoms with van der Waals surface area (Å²) in [6, 6.07) is 17.5. The number of halogens is 1. The SMILES string of the molecule is CN(C)c1ccc(NC(=O)N(C2CCCCCC2)C2CCCCc3ccccc32)cc1.Cl. The number of nitrogens with zero attached hydrogens (tertiary/aromatic N) is 2. The van der Waals surface area contributed by atoms with E-state index in [4.69, 9.17) is 0 Å². The van der Waals surface area contributed by atoms with Gasteiger partial charge in [-0.2, -0.15) is 0 Å². The van der Waals surface area contributed by atoms with Gasteiger partial charge in [-0.05, 0) is 67.5 Å². The van der Waals surface area contributed by atoms with E-state index < -0.39 is 0 Å². The smallest absolute Gasteiger partial charge is 0.322 e. The Kier molecular flexibility index (Phi) is 8.86. The van der Waals surface area contributed by atoms with E-state index in [0.29, 0.717) is 6.04 Å². The number of benzene rings is 2. The fourth-order valence-electron chi connectivity index (χ4n) is 5.31. The lowest BCUT2D eigenvalue weighted by molar-refractivity contribution is 0.141. The predicted octanol–water partition coefficient (Wildman–Crippen LogP) is 7.20. The number of anilines is 2. The molecule has 1 unspecified atom stereocenters. The number of amides is 2. The Morgan fingerprint density at radius 2 is 1.50 bits per heavy atom. The maximum absolute atomic E-state index is 13.8. The van der Waals surface area contributed by atoms with Crippen molar-refractivity contribution >= 4 is 29.8 Å². The van der Waals surface area contributed by atoms with Crippen LogP contribution in [0.1, 0.15) is 75.0 Å². The van der Waals surface area contributed by atoms with Crippen LogP contribution in [0.2, 0.25) is 0 Å². The van der Waals surface area contributed by atoms with Gasteiger partial charge >= 0.3 is 6.03 Å². The first-order valence-electron chi connectivity index (χ1n) is 12.1. The molecule has 2 aromatic carbocycles. The van der Waals surface area contributed by atoms with Crippen molar-refractivity contribution < 1.29 is 4.79 Å². The Bertz CT molecular complexity index is 859. The molecular weight excluding hydrogens is 418 g/mol. The van der Waals surface area contributed by atoms with Gasteiger partial charge in [-0.15, -0.1) is 12.4 Å². The predicted molar refractivity (Wildman–Crippen MR) is 137 cm³/mol. The van der Waals surface area contributed by atoms with E-state index in [1.807, 2.05) is 26.2 Å². The number of aryl methyl sites for hydroxylation is 1. The monoisotopic (exact) mass is 455 g/mol. The summed E-state index contributed by atoms with van der Waals surface area (Å²) in [5.41, 5.74) is 4.79. The van der Waals surface area contributed by atoms with Crippen LogP contribution in [0.15, 0.2) is 48.5 Å². The highest BCUT2D eigenvalue weighted by Gasteiger charge is 2.33. The maximum Gasteiger partial charge on any atom is 0.322 e. The summed E-state index contributed by atoms with van der Waals surface area (Å²) in [6.45, 7) is 0. The van der Waals surface area contributed by atoms with Crippen molar-refractivity contribution in [2.75, 3.05) is 24.3 Å². The van der Waals surface area contributed by atoms with E-state index in [1.165, 1.54) is 49.7 Å². The summed E-state index contributed by atoms with van der Waals surface area (Å²) in [7, 11) is 4.07. The fraction of sp³-hybridized carbons (Fsp3) is 0.519. The number of carbonyl (C=O) groups excluding carboxylic acids is 1. The molecule has 4 rings (SSSR count). The Morgan fingerprint density at radius 1 is 0.844 bits per heavy atom. The fourth-order valence-corrected chi connectivity index (χ4v) is 5.31. The van der Waals surface area contributed by atoms with Crippen LogP contribution in [-0.4, -0.2) is 31.1 Å². The Balaban J connectivity index is 0.00000289. The lowest BCUT2D eigenvalue weighted by Gasteiger charge is -2.38. The quantitative estimate of drug-likeness (QED) is 0.390. The molecule has 4 nitrogen and oxygen atoms in total. The van der Waals surface area contributed by atoms with Crippen LogP contribution >= 0.6 is 12.4 Å². The molecular formula is C27H38ClN3O. The number of carbonyl (C=O) groups is 1. The van der Waals surface area contributed by atoms with Crippen LogP contribution in [0.25, 0.3) is 0 Å². The number of rotatable bonds is 4. The molecule has 1 fully saturated rings. The molecule has 0 heterocycles. The van der Waals surface area contributed by atoms with Crippen molar-refractivity contribution in [3.63, 3.8) is 0 Å². The van der Waals surface area contributed by atoms with Crippen LogP contribution in [0.3, 0.4) is 0 Å². The largest absolute Gasteiger partial charge is 0.378 e. The van der Waals surface area contributed by atoms with E-state index in [0.717, 1.165) is 37.1 Å². The van der Waals surface area contributed by atoms with Gasteiger partial charge in [0.2, 0.25) is 0 Å². The standard InChI is InChI=1S/C27H37N3O.ClH/c1-29(2)23-19-17-22(18-20-23)28-27(31)30(24-13-5-3-4-6-14-24)26-16-10-8-12-21-11-7-9-15-25(21)26;/h7,9,11,15,17-20,24,26H,3-6,8,10,12-14,16H2,1-2H3,(H,28,31);1H. The third kappa shape index (κ3) is 5.78. The summed E-state index contributed by atoms with van der Waals surface area (Å²) in [4.78, 5) is 18.1. The molecule has 0 aliphatic heterocycles. The van der Waals surface area contributed by atoms with Crippen molar-refractivity contribution in [2.24, 2.45) is 0 Å². The molecule has 32 heavy (non-hydrogen) atoms. The summed E-state index contributed by atoms with van der Waals surface area (Å²) in [6.07, 6.45) is 11.8. The van der Waals surface area contributed by atoms with Gasteiger partial charge in [-0.1, -0.05) is 56.4 Å². The molecule has 0 bridgehead atoms. The van der Waals surface area contributed by atoms with Crippen LogP contribution in [0, 0.1) is 0 Å². The van der Waals surface area contributed by atoms with Crippen LogP contribution in [0.5, 0.6) is 0 Å². The average molecular weight is 456 g/mol. The van der Waals surface area contributed by atoms with E-state index >= 15 is 0 Å². The van der Waals surface area contributed by atoms with Crippen molar-refractivity contribution in [1.82, 2.24) is 4.90 Å². The second-order valence-corrected chi connectivity index (χ2v) is 9.38. The topological polar surface area (TPSA) is 35.6 Å². The molecule has 2 aromatic rings. The summed E-state index contributed by atoms with van der Waals surface area (Å²) >= 11 is 0. The molecule has 0 saturated heterocycles. The highest BCUT2D eigenvalue weighted by Crippen LogP contribution is 2.37. The van der Waals surface area contributed by atoms with Gasteiger partial charge in [-0.25, -0.2) is 4.79 Å². The number of fused-ring (bicyclic) bond motifs is 1. The van der Waals surface area contributed by atoms with Crippen LogP contribution in [-0.2, 0) is 6.42 Å². The first kappa shape index (κ1) is 24.4. The first-order valence-corrected chi connectivity index (χ1v) is 12.1. The Labute approximate surface area is 199 Å². The average Bonchev–Trinajstić information content (AvgIpc) is 3.16.